The second-order valence-electron chi connectivity index (χ2n) is 5.43. The molecule has 0 radical (unpaired) electrons. The number of ether oxygens (including phenoxy) is 1. The van der Waals surface area contributed by atoms with Crippen LogP contribution in [0.5, 0.6) is 0 Å². The van der Waals surface area contributed by atoms with E-state index in [1.807, 2.05) is 0 Å². The first-order chi connectivity index (χ1) is 9.77. The molecule has 0 spiro atoms. The standard InChI is InChI=1S/C14H20FNO4S/c1-9-8-20-10(2)6-16(9)21(18,19)14-5-12(7-17)4-13(15)11(14)3/h4-5,9-10,17H,6-8H2,1-3H3. The van der Waals surface area contributed by atoms with Crippen LogP contribution < -0.4 is 0 Å². The summed E-state index contributed by atoms with van der Waals surface area (Å²) in [5, 5.41) is 9.15. The molecule has 1 aliphatic rings. The van der Waals surface area contributed by atoms with Gasteiger partial charge in [-0.1, -0.05) is 0 Å². The molecule has 1 fully saturated rings. The summed E-state index contributed by atoms with van der Waals surface area (Å²) in [6.07, 6.45) is -0.206. The minimum atomic E-state index is -3.83. The maximum atomic E-state index is 13.9. The molecule has 1 heterocycles. The van der Waals surface area contributed by atoms with Crippen molar-refractivity contribution in [2.45, 2.75) is 44.4 Å². The average Bonchev–Trinajstić information content (AvgIpc) is 2.43. The molecule has 2 atom stereocenters. The molecule has 1 N–H and O–H groups in total. The van der Waals surface area contributed by atoms with E-state index in [9.17, 15) is 12.8 Å². The summed E-state index contributed by atoms with van der Waals surface area (Å²) < 4.78 is 46.3. The van der Waals surface area contributed by atoms with Crippen molar-refractivity contribution in [1.82, 2.24) is 4.31 Å². The number of sulfonamides is 1. The van der Waals surface area contributed by atoms with Crippen LogP contribution in [-0.2, 0) is 21.4 Å². The number of hydrogen-bond donors (Lipinski definition) is 1. The van der Waals surface area contributed by atoms with Gasteiger partial charge in [-0.2, -0.15) is 4.31 Å². The summed E-state index contributed by atoms with van der Waals surface area (Å²) in [5.74, 6) is -0.630. The summed E-state index contributed by atoms with van der Waals surface area (Å²) in [4.78, 5) is -0.0903. The Labute approximate surface area is 124 Å². The predicted molar refractivity (Wildman–Crippen MR) is 75.8 cm³/mol. The number of aliphatic hydroxyl groups is 1. The Morgan fingerprint density at radius 1 is 1.43 bits per heavy atom. The number of hydrogen-bond acceptors (Lipinski definition) is 4. The largest absolute Gasteiger partial charge is 0.392 e. The van der Waals surface area contributed by atoms with Crippen molar-refractivity contribution in [1.29, 1.82) is 0 Å². The Hall–Kier alpha value is -1.02. The van der Waals surface area contributed by atoms with Crippen LogP contribution in [0.3, 0.4) is 0 Å². The first-order valence-corrected chi connectivity index (χ1v) is 8.24. The van der Waals surface area contributed by atoms with Crippen LogP contribution in [0.25, 0.3) is 0 Å². The summed E-state index contributed by atoms with van der Waals surface area (Å²) >= 11 is 0. The van der Waals surface area contributed by atoms with Gasteiger partial charge in [-0.3, -0.25) is 0 Å². The van der Waals surface area contributed by atoms with Gasteiger partial charge >= 0.3 is 0 Å². The highest BCUT2D eigenvalue weighted by Gasteiger charge is 2.35. The fourth-order valence-corrected chi connectivity index (χ4v) is 4.38. The maximum Gasteiger partial charge on any atom is 0.243 e. The van der Waals surface area contributed by atoms with E-state index in [0.717, 1.165) is 6.07 Å². The lowest BCUT2D eigenvalue weighted by Crippen LogP contribution is -2.50. The van der Waals surface area contributed by atoms with E-state index in [0.29, 0.717) is 6.61 Å². The van der Waals surface area contributed by atoms with Crippen molar-refractivity contribution >= 4 is 10.0 Å². The van der Waals surface area contributed by atoms with E-state index in [2.05, 4.69) is 0 Å². The number of rotatable bonds is 3. The molecule has 1 aliphatic heterocycles. The molecule has 2 rings (SSSR count). The van der Waals surface area contributed by atoms with Gasteiger partial charge in [0.05, 0.1) is 24.2 Å². The van der Waals surface area contributed by atoms with Gasteiger partial charge in [-0.15, -0.1) is 0 Å². The molecule has 1 saturated heterocycles. The molecular formula is C14H20FNO4S. The summed E-state index contributed by atoms with van der Waals surface area (Å²) in [5.41, 5.74) is 0.309. The third-order valence-electron chi connectivity index (χ3n) is 3.68. The molecule has 0 bridgehead atoms. The quantitative estimate of drug-likeness (QED) is 0.916. The van der Waals surface area contributed by atoms with Crippen molar-refractivity contribution in [2.24, 2.45) is 0 Å². The number of aliphatic hydroxyl groups excluding tert-OH is 1. The monoisotopic (exact) mass is 317 g/mol. The third kappa shape index (κ3) is 3.11. The van der Waals surface area contributed by atoms with Crippen LogP contribution in [0.2, 0.25) is 0 Å². The SMILES string of the molecule is Cc1c(F)cc(CO)cc1S(=O)(=O)N1CC(C)OCC1C. The molecule has 0 aromatic heterocycles. The molecule has 0 aliphatic carbocycles. The Kier molecular flexibility index (Phi) is 4.67. The summed E-state index contributed by atoms with van der Waals surface area (Å²) in [6, 6.07) is 2.17. The Bertz CT molecular complexity index is 632. The van der Waals surface area contributed by atoms with Gasteiger partial charge < -0.3 is 9.84 Å². The van der Waals surface area contributed by atoms with Crippen molar-refractivity contribution < 1.29 is 22.7 Å². The number of halogens is 1. The van der Waals surface area contributed by atoms with Crippen LogP contribution in [-0.4, -0.2) is 43.1 Å². The number of benzene rings is 1. The molecule has 7 heteroatoms. The zero-order valence-corrected chi connectivity index (χ0v) is 13.2. The van der Waals surface area contributed by atoms with Crippen molar-refractivity contribution in [3.8, 4) is 0 Å². The van der Waals surface area contributed by atoms with Gasteiger partial charge in [-0.05, 0) is 38.5 Å². The third-order valence-corrected chi connectivity index (χ3v) is 5.78. The van der Waals surface area contributed by atoms with Gasteiger partial charge in [0.1, 0.15) is 5.82 Å². The topological polar surface area (TPSA) is 66.8 Å². The smallest absolute Gasteiger partial charge is 0.243 e. The van der Waals surface area contributed by atoms with Gasteiger partial charge in [0.25, 0.3) is 0 Å². The van der Waals surface area contributed by atoms with E-state index in [1.165, 1.54) is 17.3 Å². The fourth-order valence-electron chi connectivity index (χ4n) is 2.40. The van der Waals surface area contributed by atoms with Crippen LogP contribution in [0, 0.1) is 12.7 Å². The molecule has 1 aromatic rings. The number of morpholine rings is 1. The van der Waals surface area contributed by atoms with E-state index < -0.39 is 22.4 Å². The summed E-state index contributed by atoms with van der Waals surface area (Å²) in [7, 11) is -3.83. The molecule has 0 saturated carbocycles. The highest BCUT2D eigenvalue weighted by Crippen LogP contribution is 2.27. The van der Waals surface area contributed by atoms with Crippen molar-refractivity contribution in [3.05, 3.63) is 29.1 Å². The second kappa shape index (κ2) is 6.00. The molecule has 2 unspecified atom stereocenters. The first kappa shape index (κ1) is 16.4. The van der Waals surface area contributed by atoms with E-state index in [4.69, 9.17) is 9.84 Å². The normalized spacial score (nSPS) is 24.2. The molecule has 5 nitrogen and oxygen atoms in total. The Morgan fingerprint density at radius 2 is 2.10 bits per heavy atom. The lowest BCUT2D eigenvalue weighted by Gasteiger charge is -2.36. The molecular weight excluding hydrogens is 297 g/mol. The minimum Gasteiger partial charge on any atom is -0.392 e. The first-order valence-electron chi connectivity index (χ1n) is 6.80. The highest BCUT2D eigenvalue weighted by molar-refractivity contribution is 7.89. The predicted octanol–water partition coefficient (Wildman–Crippen LogP) is 1.42. The van der Waals surface area contributed by atoms with Crippen LogP contribution >= 0.6 is 0 Å². The average molecular weight is 317 g/mol. The molecule has 118 valence electrons. The van der Waals surface area contributed by atoms with Crippen LogP contribution in [0.1, 0.15) is 25.0 Å². The zero-order valence-electron chi connectivity index (χ0n) is 12.3. The van der Waals surface area contributed by atoms with Crippen molar-refractivity contribution in [3.63, 3.8) is 0 Å². The van der Waals surface area contributed by atoms with E-state index >= 15 is 0 Å². The van der Waals surface area contributed by atoms with E-state index in [-0.39, 0.29) is 34.7 Å². The van der Waals surface area contributed by atoms with Gasteiger partial charge in [0.15, 0.2) is 0 Å². The zero-order chi connectivity index (χ0) is 15.8. The van der Waals surface area contributed by atoms with Crippen LogP contribution in [0.4, 0.5) is 4.39 Å². The lowest BCUT2D eigenvalue weighted by atomic mass is 10.1. The highest BCUT2D eigenvalue weighted by atomic mass is 32.2. The lowest BCUT2D eigenvalue weighted by molar-refractivity contribution is -0.0170. The summed E-state index contributed by atoms with van der Waals surface area (Å²) in [6.45, 7) is 5.11. The Morgan fingerprint density at radius 3 is 2.71 bits per heavy atom. The van der Waals surface area contributed by atoms with E-state index in [1.54, 1.807) is 13.8 Å². The molecule has 0 amide bonds. The van der Waals surface area contributed by atoms with Gasteiger partial charge in [-0.25, -0.2) is 12.8 Å². The fraction of sp³-hybridized carbons (Fsp3) is 0.571. The van der Waals surface area contributed by atoms with Gasteiger partial charge in [0.2, 0.25) is 10.0 Å². The molecule has 21 heavy (non-hydrogen) atoms. The van der Waals surface area contributed by atoms with Crippen LogP contribution in [0.15, 0.2) is 17.0 Å². The van der Waals surface area contributed by atoms with Crippen molar-refractivity contribution in [2.75, 3.05) is 13.2 Å². The minimum absolute atomic E-state index is 0.0681. The Balaban J connectivity index is 2.51. The molecule has 1 aromatic carbocycles. The van der Waals surface area contributed by atoms with Gasteiger partial charge in [0, 0.05) is 18.2 Å². The number of nitrogens with zero attached hydrogens (tertiary/aromatic N) is 1. The maximum absolute atomic E-state index is 13.9. The second-order valence-corrected chi connectivity index (χ2v) is 7.29.